The second kappa shape index (κ2) is 6.06. The summed E-state index contributed by atoms with van der Waals surface area (Å²) in [7, 11) is 0. The van der Waals surface area contributed by atoms with Crippen molar-refractivity contribution in [1.29, 1.82) is 0 Å². The van der Waals surface area contributed by atoms with Crippen LogP contribution >= 0.6 is 0 Å². The summed E-state index contributed by atoms with van der Waals surface area (Å²) < 4.78 is 0. The largest absolute Gasteiger partial charge is 0.508 e. The molecule has 0 spiro atoms. The molecule has 1 fully saturated rings. The number of rotatable bonds is 3. The number of nitrogens with one attached hydrogen (secondary N) is 1. The molecule has 104 valence electrons. The molecule has 2 N–H and O–H groups in total. The standard InChI is InChI=1S/C15H22N2O2/c1-3-16-14-8-9-17(10-11(14)2)15(19)12-4-6-13(18)7-5-12/h4-7,11,14,16,18H,3,8-10H2,1-2H3. The second-order valence-electron chi connectivity index (χ2n) is 5.23. The number of nitrogens with zero attached hydrogens (tertiary/aromatic N) is 1. The molecule has 1 aliphatic heterocycles. The fourth-order valence-electron chi connectivity index (χ4n) is 2.68. The summed E-state index contributed by atoms with van der Waals surface area (Å²) in [5, 5.41) is 12.7. The predicted molar refractivity (Wildman–Crippen MR) is 75.3 cm³/mol. The van der Waals surface area contributed by atoms with Crippen LogP contribution in [-0.4, -0.2) is 41.6 Å². The molecule has 1 aromatic carbocycles. The lowest BCUT2D eigenvalue weighted by Crippen LogP contribution is -2.50. The van der Waals surface area contributed by atoms with Crippen LogP contribution in [0.2, 0.25) is 0 Å². The third-order valence-corrected chi connectivity index (χ3v) is 3.77. The molecular weight excluding hydrogens is 240 g/mol. The van der Waals surface area contributed by atoms with Gasteiger partial charge in [0.25, 0.3) is 5.91 Å². The number of piperidine rings is 1. The van der Waals surface area contributed by atoms with E-state index in [0.29, 0.717) is 17.5 Å². The third kappa shape index (κ3) is 3.26. The number of amides is 1. The molecule has 1 amide bonds. The van der Waals surface area contributed by atoms with Gasteiger partial charge in [-0.15, -0.1) is 0 Å². The van der Waals surface area contributed by atoms with Crippen LogP contribution < -0.4 is 5.32 Å². The molecular formula is C15H22N2O2. The highest BCUT2D eigenvalue weighted by atomic mass is 16.3. The van der Waals surface area contributed by atoms with Crippen molar-refractivity contribution in [3.63, 3.8) is 0 Å². The first kappa shape index (κ1) is 13.9. The third-order valence-electron chi connectivity index (χ3n) is 3.77. The van der Waals surface area contributed by atoms with E-state index >= 15 is 0 Å². The lowest BCUT2D eigenvalue weighted by Gasteiger charge is -2.37. The minimum atomic E-state index is 0.0572. The van der Waals surface area contributed by atoms with Crippen LogP contribution in [0.3, 0.4) is 0 Å². The predicted octanol–water partition coefficient (Wildman–Crippen LogP) is 1.85. The van der Waals surface area contributed by atoms with E-state index in [0.717, 1.165) is 26.1 Å². The maximum atomic E-state index is 12.3. The van der Waals surface area contributed by atoms with E-state index in [-0.39, 0.29) is 11.7 Å². The van der Waals surface area contributed by atoms with Crippen LogP contribution in [0.25, 0.3) is 0 Å². The van der Waals surface area contributed by atoms with Crippen molar-refractivity contribution >= 4 is 5.91 Å². The van der Waals surface area contributed by atoms with Gasteiger partial charge in [-0.2, -0.15) is 0 Å². The lowest BCUT2D eigenvalue weighted by atomic mass is 9.93. The number of phenols is 1. The van der Waals surface area contributed by atoms with Gasteiger partial charge in [0.15, 0.2) is 0 Å². The Morgan fingerprint density at radius 2 is 2.11 bits per heavy atom. The molecule has 0 saturated carbocycles. The fraction of sp³-hybridized carbons (Fsp3) is 0.533. The van der Waals surface area contributed by atoms with E-state index in [1.807, 2.05) is 4.90 Å². The summed E-state index contributed by atoms with van der Waals surface area (Å²) in [5.41, 5.74) is 0.645. The van der Waals surface area contributed by atoms with Gasteiger partial charge in [0, 0.05) is 24.7 Å². The van der Waals surface area contributed by atoms with Gasteiger partial charge in [-0.3, -0.25) is 4.79 Å². The summed E-state index contributed by atoms with van der Waals surface area (Å²) in [6.45, 7) is 6.85. The molecule has 19 heavy (non-hydrogen) atoms. The molecule has 4 nitrogen and oxygen atoms in total. The smallest absolute Gasteiger partial charge is 0.253 e. The number of aromatic hydroxyl groups is 1. The van der Waals surface area contributed by atoms with Gasteiger partial charge in [-0.05, 0) is 43.1 Å². The summed E-state index contributed by atoms with van der Waals surface area (Å²) >= 11 is 0. The Morgan fingerprint density at radius 3 is 2.68 bits per heavy atom. The van der Waals surface area contributed by atoms with Gasteiger partial charge in [-0.1, -0.05) is 13.8 Å². The number of carbonyl (C=O) groups excluding carboxylic acids is 1. The second-order valence-corrected chi connectivity index (χ2v) is 5.23. The van der Waals surface area contributed by atoms with E-state index in [9.17, 15) is 9.90 Å². The van der Waals surface area contributed by atoms with Gasteiger partial charge in [-0.25, -0.2) is 0 Å². The normalized spacial score (nSPS) is 23.4. The number of hydrogen-bond acceptors (Lipinski definition) is 3. The Hall–Kier alpha value is -1.55. The van der Waals surface area contributed by atoms with Crippen molar-refractivity contribution in [1.82, 2.24) is 10.2 Å². The summed E-state index contributed by atoms with van der Waals surface area (Å²) in [6, 6.07) is 6.98. The molecule has 0 aromatic heterocycles. The first-order valence-corrected chi connectivity index (χ1v) is 6.93. The Balaban J connectivity index is 2.00. The van der Waals surface area contributed by atoms with Crippen LogP contribution in [0.5, 0.6) is 5.75 Å². The highest BCUT2D eigenvalue weighted by Gasteiger charge is 2.28. The van der Waals surface area contributed by atoms with E-state index < -0.39 is 0 Å². The Kier molecular flexibility index (Phi) is 4.43. The SMILES string of the molecule is CCNC1CCN(C(=O)c2ccc(O)cc2)CC1C. The molecule has 1 saturated heterocycles. The van der Waals surface area contributed by atoms with E-state index in [2.05, 4.69) is 19.2 Å². The first-order chi connectivity index (χ1) is 9.11. The van der Waals surface area contributed by atoms with Crippen molar-refractivity contribution in [2.75, 3.05) is 19.6 Å². The highest BCUT2D eigenvalue weighted by Crippen LogP contribution is 2.19. The Bertz CT molecular complexity index is 430. The van der Waals surface area contributed by atoms with Crippen molar-refractivity contribution in [3.05, 3.63) is 29.8 Å². The van der Waals surface area contributed by atoms with Crippen LogP contribution in [0.4, 0.5) is 0 Å². The van der Waals surface area contributed by atoms with Crippen LogP contribution in [0, 0.1) is 5.92 Å². The Labute approximate surface area is 114 Å². The maximum absolute atomic E-state index is 12.3. The monoisotopic (exact) mass is 262 g/mol. The van der Waals surface area contributed by atoms with Crippen molar-refractivity contribution in [3.8, 4) is 5.75 Å². The molecule has 2 atom stereocenters. The zero-order valence-corrected chi connectivity index (χ0v) is 11.6. The molecule has 2 unspecified atom stereocenters. The van der Waals surface area contributed by atoms with Crippen LogP contribution in [0.1, 0.15) is 30.6 Å². The number of phenolic OH excluding ortho intramolecular Hbond substituents is 1. The van der Waals surface area contributed by atoms with E-state index in [1.165, 1.54) is 0 Å². The average molecular weight is 262 g/mol. The maximum Gasteiger partial charge on any atom is 0.253 e. The summed E-state index contributed by atoms with van der Waals surface area (Å²) in [4.78, 5) is 14.3. The molecule has 0 radical (unpaired) electrons. The number of benzene rings is 1. The molecule has 1 heterocycles. The Morgan fingerprint density at radius 1 is 1.42 bits per heavy atom. The minimum absolute atomic E-state index is 0.0572. The van der Waals surface area contributed by atoms with Gasteiger partial charge in [0.05, 0.1) is 0 Å². The molecule has 1 aromatic rings. The topological polar surface area (TPSA) is 52.6 Å². The average Bonchev–Trinajstić information content (AvgIpc) is 2.41. The molecule has 4 heteroatoms. The quantitative estimate of drug-likeness (QED) is 0.874. The van der Waals surface area contributed by atoms with Gasteiger partial charge in [0.1, 0.15) is 5.75 Å². The molecule has 0 aliphatic carbocycles. The van der Waals surface area contributed by atoms with E-state index in [4.69, 9.17) is 0 Å². The van der Waals surface area contributed by atoms with Crippen LogP contribution in [-0.2, 0) is 0 Å². The lowest BCUT2D eigenvalue weighted by molar-refractivity contribution is 0.0646. The molecule has 1 aliphatic rings. The van der Waals surface area contributed by atoms with Crippen molar-refractivity contribution in [2.24, 2.45) is 5.92 Å². The zero-order chi connectivity index (χ0) is 13.8. The fourth-order valence-corrected chi connectivity index (χ4v) is 2.68. The summed E-state index contributed by atoms with van der Waals surface area (Å²) in [5.74, 6) is 0.715. The van der Waals surface area contributed by atoms with Gasteiger partial charge >= 0.3 is 0 Å². The number of hydrogen-bond donors (Lipinski definition) is 2. The van der Waals surface area contributed by atoms with Crippen LogP contribution in [0.15, 0.2) is 24.3 Å². The summed E-state index contributed by atoms with van der Waals surface area (Å²) in [6.07, 6.45) is 0.999. The molecule has 0 bridgehead atoms. The first-order valence-electron chi connectivity index (χ1n) is 6.93. The van der Waals surface area contributed by atoms with Gasteiger partial charge < -0.3 is 15.3 Å². The van der Waals surface area contributed by atoms with Crippen molar-refractivity contribution in [2.45, 2.75) is 26.3 Å². The number of carbonyl (C=O) groups is 1. The highest BCUT2D eigenvalue weighted by molar-refractivity contribution is 5.94. The zero-order valence-electron chi connectivity index (χ0n) is 11.6. The minimum Gasteiger partial charge on any atom is -0.508 e. The van der Waals surface area contributed by atoms with Gasteiger partial charge in [0.2, 0.25) is 0 Å². The van der Waals surface area contributed by atoms with E-state index in [1.54, 1.807) is 24.3 Å². The molecule has 2 rings (SSSR count). The number of likely N-dealkylation sites (tertiary alicyclic amines) is 1. The van der Waals surface area contributed by atoms with Crippen molar-refractivity contribution < 1.29 is 9.90 Å².